The molecule has 0 spiro atoms. The van der Waals surface area contributed by atoms with E-state index in [-0.39, 0.29) is 24.2 Å². The van der Waals surface area contributed by atoms with Crippen molar-refractivity contribution in [2.24, 2.45) is 0 Å². The minimum absolute atomic E-state index is 0.0448. The molecule has 1 saturated carbocycles. The maximum atomic E-state index is 12.7. The van der Waals surface area contributed by atoms with Gasteiger partial charge in [-0.15, -0.1) is 0 Å². The van der Waals surface area contributed by atoms with E-state index in [0.717, 1.165) is 18.2 Å². The van der Waals surface area contributed by atoms with Gasteiger partial charge in [-0.25, -0.2) is 4.68 Å². The molecule has 12 heteroatoms. The molecule has 186 valence electrons. The van der Waals surface area contributed by atoms with E-state index in [4.69, 9.17) is 21.1 Å². The second kappa shape index (κ2) is 10.8. The average molecular weight is 520 g/mol. The first kappa shape index (κ1) is 24.5. The second-order valence-electron chi connectivity index (χ2n) is 8.82. The molecule has 1 aliphatic carbocycles. The Morgan fingerprint density at radius 1 is 1.20 bits per heavy atom. The fraction of sp³-hybridized carbons (Fsp3) is 0.478. The highest BCUT2D eigenvalue weighted by Crippen LogP contribution is 2.37. The van der Waals surface area contributed by atoms with E-state index in [1.807, 2.05) is 0 Å². The second-order valence-corrected chi connectivity index (χ2v) is 10.3. The Morgan fingerprint density at radius 3 is 2.71 bits per heavy atom. The van der Waals surface area contributed by atoms with Gasteiger partial charge in [-0.2, -0.15) is 15.1 Å². The molecule has 5 rings (SSSR count). The number of benzene rings is 1. The lowest BCUT2D eigenvalue weighted by atomic mass is 10.1. The normalized spacial score (nSPS) is 21.7. The number of ketones is 1. The predicted molar refractivity (Wildman–Crippen MR) is 131 cm³/mol. The Morgan fingerprint density at radius 2 is 1.97 bits per heavy atom. The number of anilines is 1. The number of rotatable bonds is 9. The molecular formula is C23H27ClN5O5P. The molecule has 2 aromatic heterocycles. The number of Topliss-reactive ketones (excluding diaryl/α,β-unsaturated/α-hetero) is 1. The summed E-state index contributed by atoms with van der Waals surface area (Å²) in [6.07, 6.45) is 6.89. The van der Waals surface area contributed by atoms with Crippen molar-refractivity contribution < 1.29 is 24.1 Å². The number of aromatic nitrogens is 4. The fourth-order valence-electron chi connectivity index (χ4n) is 4.66. The number of hydrogen-bond donors (Lipinski definition) is 3. The highest BCUT2D eigenvalue weighted by molar-refractivity contribution is 7.47. The van der Waals surface area contributed by atoms with Gasteiger partial charge >= 0.3 is 0 Å². The average Bonchev–Trinajstić information content (AvgIpc) is 3.60. The van der Waals surface area contributed by atoms with Crippen LogP contribution < -0.4 is 5.32 Å². The Bertz CT molecular complexity index is 1170. The van der Waals surface area contributed by atoms with Crippen molar-refractivity contribution in [2.45, 2.75) is 62.7 Å². The largest absolute Gasteiger partial charge is 0.367 e. The molecule has 0 radical (unpaired) electrons. The molecule has 3 aromatic rings. The fourth-order valence-corrected chi connectivity index (χ4v) is 5.41. The van der Waals surface area contributed by atoms with Crippen LogP contribution >= 0.6 is 20.0 Å². The molecule has 0 bridgehead atoms. The van der Waals surface area contributed by atoms with Crippen LogP contribution in [0.3, 0.4) is 0 Å². The summed E-state index contributed by atoms with van der Waals surface area (Å²) < 4.78 is 13.5. The van der Waals surface area contributed by atoms with Crippen LogP contribution in [0.15, 0.2) is 36.5 Å². The third-order valence-electron chi connectivity index (χ3n) is 6.41. The lowest BCUT2D eigenvalue weighted by Crippen LogP contribution is -2.27. The molecule has 1 aliphatic heterocycles. The lowest BCUT2D eigenvalue weighted by Gasteiger charge is -2.20. The molecule has 3 N–H and O–H groups in total. The standard InChI is InChI=1S/C23H27ClN5O5P/c24-23-27-20(26-15-8-4-5-9-15)17-12-25-29(21(17)28-23)18-11-10-16(34-18)13-33-22(35(31)32)19(30)14-6-2-1-3-7-14/h1-3,6-7,12,15-16,18,22,31-32H,4-5,8-11,13H2,(H,26,27,28). The summed E-state index contributed by atoms with van der Waals surface area (Å²) in [5.41, 5.74) is 0.948. The Balaban J connectivity index is 1.25. The maximum absolute atomic E-state index is 12.7. The quantitative estimate of drug-likeness (QED) is 0.218. The molecular weight excluding hydrogens is 493 g/mol. The molecule has 1 aromatic carbocycles. The van der Waals surface area contributed by atoms with Crippen LogP contribution in [0.4, 0.5) is 5.82 Å². The number of nitrogens with zero attached hydrogens (tertiary/aromatic N) is 4. The first-order valence-electron chi connectivity index (χ1n) is 11.7. The van der Waals surface area contributed by atoms with E-state index in [1.54, 1.807) is 41.2 Å². The topological polar surface area (TPSA) is 132 Å². The van der Waals surface area contributed by atoms with Crippen molar-refractivity contribution in [1.82, 2.24) is 19.7 Å². The van der Waals surface area contributed by atoms with E-state index in [0.29, 0.717) is 35.9 Å². The van der Waals surface area contributed by atoms with Crippen molar-refractivity contribution in [3.63, 3.8) is 0 Å². The van der Waals surface area contributed by atoms with Crippen molar-refractivity contribution in [3.05, 3.63) is 47.4 Å². The van der Waals surface area contributed by atoms with Crippen LogP contribution in [0.2, 0.25) is 5.28 Å². The van der Waals surface area contributed by atoms with Crippen molar-refractivity contribution in [2.75, 3.05) is 11.9 Å². The SMILES string of the molecule is O=C(c1ccccc1)C(OCC1CCC(n2ncc3c(NC4CCCC4)nc(Cl)nc32)O1)P(O)O. The molecule has 0 amide bonds. The van der Waals surface area contributed by atoms with Crippen LogP contribution in [-0.4, -0.2) is 59.9 Å². The molecule has 10 nitrogen and oxygen atoms in total. The lowest BCUT2D eigenvalue weighted by molar-refractivity contribution is -0.0473. The maximum Gasteiger partial charge on any atom is 0.226 e. The number of fused-ring (bicyclic) bond motifs is 1. The molecule has 3 unspecified atom stereocenters. The predicted octanol–water partition coefficient (Wildman–Crippen LogP) is 4.03. The summed E-state index contributed by atoms with van der Waals surface area (Å²) >= 11 is 6.23. The molecule has 1 saturated heterocycles. The number of hydrogen-bond acceptors (Lipinski definition) is 9. The molecule has 2 aliphatic rings. The smallest absolute Gasteiger partial charge is 0.226 e. The van der Waals surface area contributed by atoms with Crippen LogP contribution in [0, 0.1) is 0 Å². The Hall–Kier alpha value is -2.20. The highest BCUT2D eigenvalue weighted by atomic mass is 35.5. The van der Waals surface area contributed by atoms with E-state index < -0.39 is 20.0 Å². The Labute approximate surface area is 208 Å². The summed E-state index contributed by atoms with van der Waals surface area (Å²) in [5, 5.41) is 8.90. The number of carbonyl (C=O) groups excluding carboxylic acids is 1. The zero-order valence-electron chi connectivity index (χ0n) is 19.0. The first-order valence-corrected chi connectivity index (χ1v) is 13.4. The van der Waals surface area contributed by atoms with Crippen molar-refractivity contribution in [1.29, 1.82) is 0 Å². The minimum Gasteiger partial charge on any atom is -0.367 e. The first-order chi connectivity index (χ1) is 17.0. The van der Waals surface area contributed by atoms with Gasteiger partial charge in [0, 0.05) is 11.6 Å². The summed E-state index contributed by atoms with van der Waals surface area (Å²) in [7, 11) is -2.61. The zero-order valence-corrected chi connectivity index (χ0v) is 20.6. The van der Waals surface area contributed by atoms with Gasteiger partial charge in [-0.05, 0) is 37.3 Å². The summed E-state index contributed by atoms with van der Waals surface area (Å²) in [5.74, 6) is -1.13. The van der Waals surface area contributed by atoms with E-state index in [9.17, 15) is 14.6 Å². The summed E-state index contributed by atoms with van der Waals surface area (Å²) in [6.45, 7) is 0.0448. The van der Waals surface area contributed by atoms with Gasteiger partial charge < -0.3 is 24.6 Å². The minimum atomic E-state index is -2.61. The van der Waals surface area contributed by atoms with Crippen LogP contribution in [0.25, 0.3) is 11.0 Å². The number of carbonyl (C=O) groups is 1. The van der Waals surface area contributed by atoms with Gasteiger partial charge in [-0.1, -0.05) is 43.2 Å². The van der Waals surface area contributed by atoms with Gasteiger partial charge in [0.25, 0.3) is 0 Å². The Kier molecular flexibility index (Phi) is 7.57. The van der Waals surface area contributed by atoms with E-state index in [2.05, 4.69) is 20.4 Å². The third kappa shape index (κ3) is 5.48. The highest BCUT2D eigenvalue weighted by Gasteiger charge is 2.33. The van der Waals surface area contributed by atoms with Crippen molar-refractivity contribution >= 4 is 42.6 Å². The van der Waals surface area contributed by atoms with E-state index in [1.165, 1.54) is 12.8 Å². The molecule has 2 fully saturated rings. The van der Waals surface area contributed by atoms with Crippen LogP contribution in [-0.2, 0) is 9.47 Å². The molecule has 3 atom stereocenters. The zero-order chi connectivity index (χ0) is 24.4. The van der Waals surface area contributed by atoms with Gasteiger partial charge in [0.1, 0.15) is 5.82 Å². The number of nitrogens with one attached hydrogen (secondary N) is 1. The number of halogens is 1. The van der Waals surface area contributed by atoms with Crippen LogP contribution in [0.1, 0.15) is 55.1 Å². The molecule has 3 heterocycles. The van der Waals surface area contributed by atoms with Crippen LogP contribution in [0.5, 0.6) is 0 Å². The van der Waals surface area contributed by atoms with Gasteiger partial charge in [0.2, 0.25) is 19.4 Å². The number of ether oxygens (including phenoxy) is 2. The summed E-state index contributed by atoms with van der Waals surface area (Å²) in [4.78, 5) is 41.0. The van der Waals surface area contributed by atoms with Crippen molar-refractivity contribution in [3.8, 4) is 0 Å². The van der Waals surface area contributed by atoms with Gasteiger partial charge in [0.05, 0.1) is 24.3 Å². The molecule has 35 heavy (non-hydrogen) atoms. The third-order valence-corrected chi connectivity index (χ3v) is 7.38. The van der Waals surface area contributed by atoms with E-state index >= 15 is 0 Å². The van der Waals surface area contributed by atoms with Gasteiger partial charge in [0.15, 0.2) is 17.7 Å². The van der Waals surface area contributed by atoms with Gasteiger partial charge in [-0.3, -0.25) is 4.79 Å². The monoisotopic (exact) mass is 519 g/mol. The summed E-state index contributed by atoms with van der Waals surface area (Å²) in [6, 6.07) is 8.81.